The fraction of sp³-hybridized carbons (Fsp3) is 0.136. The number of hydrogen-bond donors (Lipinski definition) is 1. The molecule has 2 heterocycles. The molecule has 3 aromatic carbocycles. The van der Waals surface area contributed by atoms with Gasteiger partial charge in [0.05, 0.1) is 23.1 Å². The van der Waals surface area contributed by atoms with E-state index in [1.54, 1.807) is 6.07 Å². The summed E-state index contributed by atoms with van der Waals surface area (Å²) in [5.74, 6) is 0.603. The van der Waals surface area contributed by atoms with E-state index >= 15 is 0 Å². The highest BCUT2D eigenvalue weighted by molar-refractivity contribution is 9.10. The van der Waals surface area contributed by atoms with E-state index in [-0.39, 0.29) is 17.9 Å². The SMILES string of the molecule is Fc1ccccc1[C@@H]1C[C@H](c2ccc(Br)cc2)Nc2nc3ccccc3n21. The largest absolute Gasteiger partial charge is 0.349 e. The van der Waals surface area contributed by atoms with E-state index < -0.39 is 0 Å². The Morgan fingerprint density at radius 3 is 2.52 bits per heavy atom. The maximum absolute atomic E-state index is 14.7. The first-order chi connectivity index (χ1) is 13.2. The summed E-state index contributed by atoms with van der Waals surface area (Å²) >= 11 is 3.49. The Bertz CT molecular complexity index is 1120. The quantitative estimate of drug-likeness (QED) is 0.424. The lowest BCUT2D eigenvalue weighted by atomic mass is 9.92. The fourth-order valence-electron chi connectivity index (χ4n) is 3.93. The van der Waals surface area contributed by atoms with E-state index in [0.29, 0.717) is 5.56 Å². The number of aromatic nitrogens is 2. The van der Waals surface area contributed by atoms with Crippen LogP contribution in [0.1, 0.15) is 29.6 Å². The number of imidazole rings is 1. The minimum atomic E-state index is -0.178. The molecule has 0 aliphatic carbocycles. The lowest BCUT2D eigenvalue weighted by Gasteiger charge is -2.33. The zero-order valence-electron chi connectivity index (χ0n) is 14.4. The molecule has 0 amide bonds. The molecule has 1 aliphatic heterocycles. The van der Waals surface area contributed by atoms with Crippen LogP contribution >= 0.6 is 15.9 Å². The third-order valence-electron chi connectivity index (χ3n) is 5.21. The van der Waals surface area contributed by atoms with Gasteiger partial charge in [-0.25, -0.2) is 9.37 Å². The van der Waals surface area contributed by atoms with Crippen molar-refractivity contribution in [2.45, 2.75) is 18.5 Å². The highest BCUT2D eigenvalue weighted by Crippen LogP contribution is 2.41. The highest BCUT2D eigenvalue weighted by atomic mass is 79.9. The number of anilines is 1. The van der Waals surface area contributed by atoms with E-state index in [0.717, 1.165) is 33.4 Å². The van der Waals surface area contributed by atoms with Gasteiger partial charge >= 0.3 is 0 Å². The van der Waals surface area contributed by atoms with Crippen molar-refractivity contribution >= 4 is 32.9 Å². The molecular formula is C22H17BrFN3. The van der Waals surface area contributed by atoms with Crippen molar-refractivity contribution in [2.24, 2.45) is 0 Å². The van der Waals surface area contributed by atoms with Gasteiger partial charge in [0.15, 0.2) is 0 Å². The first-order valence-corrected chi connectivity index (χ1v) is 9.73. The molecule has 27 heavy (non-hydrogen) atoms. The van der Waals surface area contributed by atoms with Crippen molar-refractivity contribution in [3.8, 4) is 0 Å². The van der Waals surface area contributed by atoms with Crippen LogP contribution in [0.5, 0.6) is 0 Å². The molecule has 3 nitrogen and oxygen atoms in total. The summed E-state index contributed by atoms with van der Waals surface area (Å²) in [5, 5.41) is 3.56. The standard InChI is InChI=1S/C22H17BrFN3/c23-15-11-9-14(10-12-15)19-13-21(16-5-1-2-6-17(16)24)27-20-8-4-3-7-18(20)25-22(27)26-19/h1-12,19,21H,13H2,(H,25,26)/t19-,21+/m1/s1. The molecular weight excluding hydrogens is 405 g/mol. The molecule has 134 valence electrons. The lowest BCUT2D eigenvalue weighted by Crippen LogP contribution is -2.27. The maximum Gasteiger partial charge on any atom is 0.204 e. The molecule has 1 aliphatic rings. The molecule has 0 fully saturated rings. The summed E-state index contributed by atoms with van der Waals surface area (Å²) in [6.45, 7) is 0. The molecule has 5 rings (SSSR count). The molecule has 0 bridgehead atoms. The third kappa shape index (κ3) is 2.82. The predicted octanol–water partition coefficient (Wildman–Crippen LogP) is 6.08. The monoisotopic (exact) mass is 421 g/mol. The summed E-state index contributed by atoms with van der Waals surface area (Å²) in [4.78, 5) is 4.77. The van der Waals surface area contributed by atoms with Crippen molar-refractivity contribution < 1.29 is 4.39 Å². The van der Waals surface area contributed by atoms with Crippen molar-refractivity contribution in [3.05, 3.63) is 94.2 Å². The van der Waals surface area contributed by atoms with Gasteiger partial charge in [0.25, 0.3) is 0 Å². The fourth-order valence-corrected chi connectivity index (χ4v) is 4.20. The first kappa shape index (κ1) is 16.5. The van der Waals surface area contributed by atoms with Gasteiger partial charge in [-0.2, -0.15) is 0 Å². The van der Waals surface area contributed by atoms with Crippen LogP contribution in [-0.4, -0.2) is 9.55 Å². The summed E-state index contributed by atoms with van der Waals surface area (Å²) in [6, 6.07) is 23.3. The van der Waals surface area contributed by atoms with E-state index in [2.05, 4.69) is 37.9 Å². The molecule has 0 saturated heterocycles. The summed E-state index contributed by atoms with van der Waals surface area (Å²) in [5.41, 5.74) is 3.80. The molecule has 4 aromatic rings. The van der Waals surface area contributed by atoms with Crippen molar-refractivity contribution in [1.29, 1.82) is 0 Å². The van der Waals surface area contributed by atoms with Crippen molar-refractivity contribution in [2.75, 3.05) is 5.32 Å². The Morgan fingerprint density at radius 1 is 0.963 bits per heavy atom. The second-order valence-electron chi connectivity index (χ2n) is 6.82. The van der Waals surface area contributed by atoms with Gasteiger partial charge in [0, 0.05) is 10.0 Å². The van der Waals surface area contributed by atoms with Crippen LogP contribution in [0.4, 0.5) is 10.3 Å². The zero-order chi connectivity index (χ0) is 18.4. The molecule has 0 spiro atoms. The number of halogens is 2. The third-order valence-corrected chi connectivity index (χ3v) is 5.74. The minimum absolute atomic E-state index is 0.0621. The van der Waals surface area contributed by atoms with Crippen LogP contribution in [0.2, 0.25) is 0 Å². The number of fused-ring (bicyclic) bond motifs is 3. The molecule has 0 unspecified atom stereocenters. The summed E-state index contributed by atoms with van der Waals surface area (Å²) in [6.07, 6.45) is 0.746. The van der Waals surface area contributed by atoms with Gasteiger partial charge in [0.2, 0.25) is 5.95 Å². The Morgan fingerprint density at radius 2 is 1.70 bits per heavy atom. The molecule has 0 radical (unpaired) electrons. The second kappa shape index (κ2) is 6.50. The maximum atomic E-state index is 14.7. The van der Waals surface area contributed by atoms with Gasteiger partial charge in [-0.3, -0.25) is 0 Å². The Kier molecular flexibility index (Phi) is 3.97. The Hall–Kier alpha value is -2.66. The number of benzene rings is 3. The molecule has 2 atom stereocenters. The highest BCUT2D eigenvalue weighted by Gasteiger charge is 2.32. The van der Waals surface area contributed by atoms with Crippen LogP contribution < -0.4 is 5.32 Å². The number of nitrogens with one attached hydrogen (secondary N) is 1. The van der Waals surface area contributed by atoms with Crippen molar-refractivity contribution in [1.82, 2.24) is 9.55 Å². The van der Waals surface area contributed by atoms with Gasteiger partial charge in [-0.15, -0.1) is 0 Å². The van der Waals surface area contributed by atoms with E-state index in [1.807, 2.05) is 48.5 Å². The predicted molar refractivity (Wildman–Crippen MR) is 109 cm³/mol. The Balaban J connectivity index is 1.68. The van der Waals surface area contributed by atoms with Crippen LogP contribution in [0.15, 0.2) is 77.3 Å². The normalized spacial score (nSPS) is 18.9. The van der Waals surface area contributed by atoms with Gasteiger partial charge < -0.3 is 9.88 Å². The second-order valence-corrected chi connectivity index (χ2v) is 7.73. The van der Waals surface area contributed by atoms with Crippen LogP contribution in [-0.2, 0) is 0 Å². The minimum Gasteiger partial charge on any atom is -0.349 e. The smallest absolute Gasteiger partial charge is 0.204 e. The van der Waals surface area contributed by atoms with E-state index in [9.17, 15) is 4.39 Å². The van der Waals surface area contributed by atoms with Crippen LogP contribution in [0, 0.1) is 5.82 Å². The Labute approximate surface area is 165 Å². The average molecular weight is 422 g/mol. The number of hydrogen-bond acceptors (Lipinski definition) is 2. The van der Waals surface area contributed by atoms with Gasteiger partial charge in [0.1, 0.15) is 5.82 Å². The zero-order valence-corrected chi connectivity index (χ0v) is 16.0. The number of rotatable bonds is 2. The molecule has 1 N–H and O–H groups in total. The average Bonchev–Trinajstić information content (AvgIpc) is 3.07. The van der Waals surface area contributed by atoms with Crippen LogP contribution in [0.3, 0.4) is 0 Å². The number of para-hydroxylation sites is 2. The molecule has 1 aromatic heterocycles. The topological polar surface area (TPSA) is 29.9 Å². The van der Waals surface area contributed by atoms with E-state index in [1.165, 1.54) is 6.07 Å². The van der Waals surface area contributed by atoms with Crippen LogP contribution in [0.25, 0.3) is 11.0 Å². The van der Waals surface area contributed by atoms with Gasteiger partial charge in [-0.05, 0) is 42.3 Å². The first-order valence-electron chi connectivity index (χ1n) is 8.94. The summed E-state index contributed by atoms with van der Waals surface area (Å²) in [7, 11) is 0. The van der Waals surface area contributed by atoms with E-state index in [4.69, 9.17) is 4.98 Å². The number of nitrogens with zero attached hydrogens (tertiary/aromatic N) is 2. The van der Waals surface area contributed by atoms with Gasteiger partial charge in [-0.1, -0.05) is 58.4 Å². The van der Waals surface area contributed by atoms with Crippen molar-refractivity contribution in [3.63, 3.8) is 0 Å². The molecule has 0 saturated carbocycles. The lowest BCUT2D eigenvalue weighted by molar-refractivity contribution is 0.457. The summed E-state index contributed by atoms with van der Waals surface area (Å²) < 4.78 is 17.9. The molecule has 5 heteroatoms.